The van der Waals surface area contributed by atoms with Crippen molar-refractivity contribution in [2.24, 2.45) is 5.92 Å². The molecule has 1 heterocycles. The Balaban J connectivity index is 2.57. The molecule has 6 nitrogen and oxygen atoms in total. The van der Waals surface area contributed by atoms with Gasteiger partial charge in [0.05, 0.1) is 6.61 Å². The van der Waals surface area contributed by atoms with E-state index < -0.39 is 21.7 Å². The molecule has 122 valence electrons. The molecule has 0 saturated heterocycles. The fourth-order valence-corrected chi connectivity index (χ4v) is 1.94. The summed E-state index contributed by atoms with van der Waals surface area (Å²) in [5.74, 6) is -0.176. The lowest BCUT2D eigenvalue weighted by atomic mass is 10.2. The minimum absolute atomic E-state index is 0.0239. The fourth-order valence-electron chi connectivity index (χ4n) is 1.41. The molecule has 0 spiro atoms. The van der Waals surface area contributed by atoms with E-state index in [1.807, 2.05) is 13.8 Å². The Kier molecular flexibility index (Phi) is 5.48. The number of halogens is 3. The summed E-state index contributed by atoms with van der Waals surface area (Å²) in [6, 6.07) is 0. The topological polar surface area (TPSA) is 72.9 Å². The average molecular weight is 331 g/mol. The molecule has 0 radical (unpaired) electrons. The Bertz CT molecular complexity index is 512. The summed E-state index contributed by atoms with van der Waals surface area (Å²) in [6.07, 6.45) is 0.382. The number of carbonyl (C=O) groups excluding carboxylic acids is 1. The van der Waals surface area contributed by atoms with E-state index >= 15 is 0 Å². The molecule has 0 fully saturated rings. The molecule has 21 heavy (non-hydrogen) atoms. The Labute approximate surface area is 120 Å². The van der Waals surface area contributed by atoms with Gasteiger partial charge < -0.3 is 13.8 Å². The van der Waals surface area contributed by atoms with Crippen LogP contribution in [-0.4, -0.2) is 44.6 Å². The van der Waals surface area contributed by atoms with Crippen molar-refractivity contribution in [2.75, 3.05) is 19.7 Å². The molecule has 1 amide bonds. The van der Waals surface area contributed by atoms with Crippen LogP contribution in [0.15, 0.2) is 11.8 Å². The fraction of sp³-hybridized carbons (Fsp3) is 0.727. The summed E-state index contributed by atoms with van der Waals surface area (Å²) in [6.45, 7) is 3.90. The highest BCUT2D eigenvalue weighted by Gasteiger charge is 2.49. The zero-order chi connectivity index (χ0) is 16.3. The molecule has 0 aromatic carbocycles. The Hall–Kier alpha value is -1.45. The van der Waals surface area contributed by atoms with Crippen molar-refractivity contribution in [3.05, 3.63) is 11.8 Å². The first-order valence-electron chi connectivity index (χ1n) is 6.14. The van der Waals surface area contributed by atoms with E-state index in [1.54, 1.807) is 0 Å². The first-order chi connectivity index (χ1) is 9.53. The maximum absolute atomic E-state index is 12.1. The molecule has 0 atom stereocenters. The van der Waals surface area contributed by atoms with E-state index in [-0.39, 0.29) is 37.8 Å². The molecule has 0 unspecified atom stereocenters. The first-order valence-corrected chi connectivity index (χ1v) is 7.55. The van der Waals surface area contributed by atoms with E-state index in [4.69, 9.17) is 4.74 Å². The molecule has 0 aromatic heterocycles. The molecular weight excluding hydrogens is 315 g/mol. The third kappa shape index (κ3) is 5.10. The van der Waals surface area contributed by atoms with Crippen LogP contribution in [0.2, 0.25) is 0 Å². The molecule has 10 heteroatoms. The summed E-state index contributed by atoms with van der Waals surface area (Å²) in [7, 11) is -5.66. The minimum atomic E-state index is -5.66. The van der Waals surface area contributed by atoms with Crippen LogP contribution in [0.25, 0.3) is 0 Å². The van der Waals surface area contributed by atoms with Gasteiger partial charge in [0.25, 0.3) is 0 Å². The summed E-state index contributed by atoms with van der Waals surface area (Å²) in [5, 5.41) is 0. The molecular formula is C11H16F3NO5S. The second-order valence-electron chi connectivity index (χ2n) is 4.82. The Morgan fingerprint density at radius 1 is 1.43 bits per heavy atom. The van der Waals surface area contributed by atoms with Gasteiger partial charge >= 0.3 is 21.7 Å². The molecule has 0 bridgehead atoms. The van der Waals surface area contributed by atoms with Gasteiger partial charge in [0.1, 0.15) is 5.76 Å². The number of ether oxygens (including phenoxy) is 1. The molecule has 0 N–H and O–H groups in total. The van der Waals surface area contributed by atoms with Crippen molar-refractivity contribution in [1.29, 1.82) is 0 Å². The van der Waals surface area contributed by atoms with Crippen molar-refractivity contribution in [2.45, 2.75) is 25.8 Å². The zero-order valence-corrected chi connectivity index (χ0v) is 12.3. The van der Waals surface area contributed by atoms with Crippen molar-refractivity contribution < 1.29 is 35.3 Å². The second kappa shape index (κ2) is 6.54. The number of carbonyl (C=O) groups is 1. The van der Waals surface area contributed by atoms with Crippen LogP contribution in [0.4, 0.5) is 18.0 Å². The maximum Gasteiger partial charge on any atom is 0.534 e. The summed E-state index contributed by atoms with van der Waals surface area (Å²) in [4.78, 5) is 12.8. The smallest absolute Gasteiger partial charge is 0.449 e. The van der Waals surface area contributed by atoms with Gasteiger partial charge in [0.2, 0.25) is 0 Å². The van der Waals surface area contributed by atoms with Gasteiger partial charge in [-0.2, -0.15) is 21.6 Å². The Morgan fingerprint density at radius 2 is 2.05 bits per heavy atom. The van der Waals surface area contributed by atoms with E-state index in [2.05, 4.69) is 4.18 Å². The van der Waals surface area contributed by atoms with Gasteiger partial charge in [-0.15, -0.1) is 0 Å². The molecule has 0 aliphatic carbocycles. The van der Waals surface area contributed by atoms with E-state index in [0.717, 1.165) is 6.08 Å². The van der Waals surface area contributed by atoms with Crippen LogP contribution in [0, 0.1) is 5.92 Å². The highest BCUT2D eigenvalue weighted by atomic mass is 32.2. The van der Waals surface area contributed by atoms with Crippen LogP contribution < -0.4 is 0 Å². The lowest BCUT2D eigenvalue weighted by molar-refractivity contribution is -0.0525. The summed E-state index contributed by atoms with van der Waals surface area (Å²) < 4.78 is 67.0. The predicted octanol–water partition coefficient (Wildman–Crippen LogP) is 2.23. The minimum Gasteiger partial charge on any atom is -0.449 e. The molecule has 1 rings (SSSR count). The van der Waals surface area contributed by atoms with E-state index in [9.17, 15) is 26.4 Å². The summed E-state index contributed by atoms with van der Waals surface area (Å²) in [5.41, 5.74) is -5.47. The number of alkyl halides is 3. The highest BCUT2D eigenvalue weighted by Crippen LogP contribution is 2.28. The van der Waals surface area contributed by atoms with Gasteiger partial charge in [0, 0.05) is 19.5 Å². The van der Waals surface area contributed by atoms with Gasteiger partial charge in [-0.05, 0) is 12.0 Å². The van der Waals surface area contributed by atoms with Crippen LogP contribution in [0.5, 0.6) is 0 Å². The predicted molar refractivity (Wildman–Crippen MR) is 66.5 cm³/mol. The first kappa shape index (κ1) is 17.6. The van der Waals surface area contributed by atoms with Crippen LogP contribution in [0.3, 0.4) is 0 Å². The third-order valence-corrected chi connectivity index (χ3v) is 3.47. The quantitative estimate of drug-likeness (QED) is 0.583. The highest BCUT2D eigenvalue weighted by molar-refractivity contribution is 7.87. The number of hydrogen-bond acceptors (Lipinski definition) is 5. The van der Waals surface area contributed by atoms with E-state index in [1.165, 1.54) is 4.90 Å². The third-order valence-electron chi connectivity index (χ3n) is 2.47. The molecule has 1 aliphatic rings. The van der Waals surface area contributed by atoms with Crippen molar-refractivity contribution >= 4 is 16.2 Å². The monoisotopic (exact) mass is 331 g/mol. The standard InChI is InChI=1S/C11H16F3NO5S/c1-8(2)7-19-10(16)15-5-3-9(4-6-15)20-21(17,18)11(12,13)14/h3,8H,4-7H2,1-2H3. The van der Waals surface area contributed by atoms with Crippen LogP contribution in [-0.2, 0) is 19.0 Å². The lowest BCUT2D eigenvalue weighted by Crippen LogP contribution is -2.37. The van der Waals surface area contributed by atoms with Gasteiger partial charge in [-0.25, -0.2) is 4.79 Å². The van der Waals surface area contributed by atoms with Crippen LogP contribution >= 0.6 is 0 Å². The molecule has 1 aliphatic heterocycles. The largest absolute Gasteiger partial charge is 0.534 e. The van der Waals surface area contributed by atoms with Crippen molar-refractivity contribution in [3.63, 3.8) is 0 Å². The Morgan fingerprint density at radius 3 is 2.48 bits per heavy atom. The zero-order valence-electron chi connectivity index (χ0n) is 11.5. The van der Waals surface area contributed by atoms with Gasteiger partial charge in [0.15, 0.2) is 0 Å². The summed E-state index contributed by atoms with van der Waals surface area (Å²) >= 11 is 0. The molecule has 0 aromatic rings. The number of nitrogens with zero attached hydrogens (tertiary/aromatic N) is 1. The average Bonchev–Trinajstić information content (AvgIpc) is 2.35. The number of hydrogen-bond donors (Lipinski definition) is 0. The van der Waals surface area contributed by atoms with Crippen LogP contribution in [0.1, 0.15) is 20.3 Å². The van der Waals surface area contributed by atoms with Crippen molar-refractivity contribution in [1.82, 2.24) is 4.90 Å². The van der Waals surface area contributed by atoms with Crippen molar-refractivity contribution in [3.8, 4) is 0 Å². The van der Waals surface area contributed by atoms with Gasteiger partial charge in [-0.1, -0.05) is 13.8 Å². The normalized spacial score (nSPS) is 16.7. The number of amides is 1. The number of rotatable bonds is 4. The van der Waals surface area contributed by atoms with E-state index in [0.29, 0.717) is 0 Å². The SMILES string of the molecule is CC(C)COC(=O)N1CC=C(OS(=O)(=O)C(F)(F)F)CC1. The van der Waals surface area contributed by atoms with Gasteiger partial charge in [-0.3, -0.25) is 0 Å². The maximum atomic E-state index is 12.1. The molecule has 0 saturated carbocycles. The second-order valence-corrected chi connectivity index (χ2v) is 6.36. The lowest BCUT2D eigenvalue weighted by Gasteiger charge is -2.25.